The minimum atomic E-state index is -0.432. The van der Waals surface area contributed by atoms with Gasteiger partial charge in [-0.25, -0.2) is 4.79 Å². The van der Waals surface area contributed by atoms with Crippen molar-refractivity contribution in [2.75, 3.05) is 12.6 Å². The third kappa shape index (κ3) is 2.57. The van der Waals surface area contributed by atoms with Crippen molar-refractivity contribution in [3.63, 3.8) is 0 Å². The Balaban J connectivity index is 3.12. The molecule has 0 atom stereocenters. The van der Waals surface area contributed by atoms with Gasteiger partial charge in [-0.05, 0) is 24.6 Å². The lowest BCUT2D eigenvalue weighted by molar-refractivity contribution is 0.0601. The molecule has 0 bridgehead atoms. The number of esters is 1. The van der Waals surface area contributed by atoms with Gasteiger partial charge in [-0.15, -0.1) is 0 Å². The molecule has 0 aliphatic heterocycles. The predicted octanol–water partition coefficient (Wildman–Crippen LogP) is 2.31. The fourth-order valence-electron chi connectivity index (χ4n) is 1.22. The molecule has 4 nitrogen and oxygen atoms in total. The van der Waals surface area contributed by atoms with E-state index in [0.717, 1.165) is 5.56 Å². The second-order valence-corrected chi connectivity index (χ2v) is 2.91. The van der Waals surface area contributed by atoms with E-state index in [1.807, 2.05) is 24.6 Å². The first-order chi connectivity index (χ1) is 7.22. The third-order valence-corrected chi connectivity index (χ3v) is 1.94. The summed E-state index contributed by atoms with van der Waals surface area (Å²) >= 11 is 0. The Morgan fingerprint density at radius 2 is 2.27 bits per heavy atom. The Labute approximate surface area is 88.1 Å². The molecule has 0 radical (unpaired) electrons. The Hall–Kier alpha value is -1.81. The van der Waals surface area contributed by atoms with Crippen molar-refractivity contribution in [1.82, 2.24) is 0 Å². The number of hydrogen-bond acceptors (Lipinski definition) is 4. The van der Waals surface area contributed by atoms with Crippen LogP contribution in [-0.4, -0.2) is 18.3 Å². The normalized spacial score (nSPS) is 10.3. The van der Waals surface area contributed by atoms with E-state index in [4.69, 9.17) is 5.21 Å². The largest absolute Gasteiger partial charge is 0.465 e. The van der Waals surface area contributed by atoms with E-state index in [-0.39, 0.29) is 0 Å². The summed E-state index contributed by atoms with van der Waals surface area (Å²) in [5, 5.41) is 8.89. The van der Waals surface area contributed by atoms with Gasteiger partial charge in [-0.2, -0.15) is 0 Å². The predicted molar refractivity (Wildman–Crippen MR) is 57.9 cm³/mol. The fraction of sp³-hybridized carbons (Fsp3) is 0.182. The molecule has 0 fully saturated rings. The maximum atomic E-state index is 11.2. The Kier molecular flexibility index (Phi) is 3.88. The average molecular weight is 207 g/mol. The second kappa shape index (κ2) is 5.17. The number of carbonyl (C=O) groups excluding carboxylic acids is 1. The highest BCUT2D eigenvalue weighted by Crippen LogP contribution is 2.19. The molecule has 0 saturated heterocycles. The lowest BCUT2D eigenvalue weighted by atomic mass is 10.1. The smallest absolute Gasteiger partial charge is 0.337 e. The molecule has 0 aromatic heterocycles. The Morgan fingerprint density at radius 1 is 1.53 bits per heavy atom. The topological polar surface area (TPSA) is 58.6 Å². The van der Waals surface area contributed by atoms with Crippen LogP contribution in [0.15, 0.2) is 24.3 Å². The van der Waals surface area contributed by atoms with Gasteiger partial charge in [-0.1, -0.05) is 18.2 Å². The van der Waals surface area contributed by atoms with Crippen LogP contribution in [0.2, 0.25) is 0 Å². The van der Waals surface area contributed by atoms with Crippen LogP contribution in [0.3, 0.4) is 0 Å². The minimum absolute atomic E-state index is 0.391. The minimum Gasteiger partial charge on any atom is -0.465 e. The molecule has 0 unspecified atom stereocenters. The molecule has 1 aromatic rings. The first-order valence-corrected chi connectivity index (χ1v) is 4.48. The third-order valence-electron chi connectivity index (χ3n) is 1.94. The lowest BCUT2D eigenvalue weighted by Crippen LogP contribution is -2.03. The summed E-state index contributed by atoms with van der Waals surface area (Å²) < 4.78 is 4.57. The number of carbonyl (C=O) groups is 1. The molecular formula is C11H13NO3. The van der Waals surface area contributed by atoms with Gasteiger partial charge in [0, 0.05) is 0 Å². The van der Waals surface area contributed by atoms with Crippen LogP contribution < -0.4 is 5.48 Å². The molecule has 2 N–H and O–H groups in total. The number of benzene rings is 1. The molecule has 80 valence electrons. The quantitative estimate of drug-likeness (QED) is 0.589. The second-order valence-electron chi connectivity index (χ2n) is 2.91. The van der Waals surface area contributed by atoms with E-state index in [1.165, 1.54) is 13.2 Å². The number of anilines is 1. The molecule has 0 amide bonds. The van der Waals surface area contributed by atoms with E-state index >= 15 is 0 Å². The maximum Gasteiger partial charge on any atom is 0.337 e. The van der Waals surface area contributed by atoms with Gasteiger partial charge in [0.2, 0.25) is 0 Å². The van der Waals surface area contributed by atoms with Crippen LogP contribution in [0.5, 0.6) is 0 Å². The zero-order chi connectivity index (χ0) is 11.3. The van der Waals surface area contributed by atoms with Crippen molar-refractivity contribution in [2.45, 2.75) is 6.92 Å². The molecule has 0 aliphatic rings. The Bertz CT molecular complexity index is 385. The van der Waals surface area contributed by atoms with E-state index in [0.29, 0.717) is 11.3 Å². The highest BCUT2D eigenvalue weighted by Gasteiger charge is 2.07. The zero-order valence-electron chi connectivity index (χ0n) is 8.65. The van der Waals surface area contributed by atoms with E-state index in [9.17, 15) is 4.79 Å². The van der Waals surface area contributed by atoms with Crippen molar-refractivity contribution >= 4 is 17.7 Å². The molecule has 0 heterocycles. The number of ether oxygens (including phenoxy) is 1. The van der Waals surface area contributed by atoms with Crippen molar-refractivity contribution in [1.29, 1.82) is 0 Å². The first kappa shape index (κ1) is 11.3. The molecule has 0 aliphatic carbocycles. The van der Waals surface area contributed by atoms with Crippen molar-refractivity contribution < 1.29 is 14.7 Å². The highest BCUT2D eigenvalue weighted by molar-refractivity contribution is 5.91. The van der Waals surface area contributed by atoms with Gasteiger partial charge in [0.05, 0.1) is 18.4 Å². The van der Waals surface area contributed by atoms with Crippen LogP contribution in [0.25, 0.3) is 6.08 Å². The average Bonchev–Trinajstić information content (AvgIpc) is 2.29. The molecule has 0 spiro atoms. The number of methoxy groups -OCH3 is 1. The molecular weight excluding hydrogens is 194 g/mol. The number of hydrogen-bond donors (Lipinski definition) is 2. The molecule has 0 saturated carbocycles. The van der Waals surface area contributed by atoms with Crippen LogP contribution in [0.4, 0.5) is 5.69 Å². The Morgan fingerprint density at radius 3 is 2.80 bits per heavy atom. The monoisotopic (exact) mass is 207 g/mol. The highest BCUT2D eigenvalue weighted by atomic mass is 16.5. The summed E-state index contributed by atoms with van der Waals surface area (Å²) in [5.74, 6) is -0.432. The molecule has 4 heteroatoms. The number of allylic oxidation sites excluding steroid dienone is 1. The van der Waals surface area contributed by atoms with Crippen molar-refractivity contribution in [2.24, 2.45) is 0 Å². The number of rotatable bonds is 3. The van der Waals surface area contributed by atoms with E-state index in [2.05, 4.69) is 4.74 Å². The lowest BCUT2D eigenvalue weighted by Gasteiger charge is -2.06. The summed E-state index contributed by atoms with van der Waals surface area (Å²) in [7, 11) is 1.31. The molecule has 1 rings (SSSR count). The zero-order valence-corrected chi connectivity index (χ0v) is 8.65. The van der Waals surface area contributed by atoms with Gasteiger partial charge < -0.3 is 4.74 Å². The van der Waals surface area contributed by atoms with Gasteiger partial charge in [-0.3, -0.25) is 10.7 Å². The van der Waals surface area contributed by atoms with Crippen molar-refractivity contribution in [3.05, 3.63) is 35.4 Å². The number of nitrogens with one attached hydrogen (secondary N) is 1. The van der Waals surface area contributed by atoms with Gasteiger partial charge in [0.1, 0.15) is 0 Å². The van der Waals surface area contributed by atoms with Crippen LogP contribution in [0, 0.1) is 0 Å². The van der Waals surface area contributed by atoms with Gasteiger partial charge >= 0.3 is 5.97 Å². The van der Waals surface area contributed by atoms with Crippen LogP contribution in [0.1, 0.15) is 22.8 Å². The van der Waals surface area contributed by atoms with Crippen LogP contribution >= 0.6 is 0 Å². The maximum absolute atomic E-state index is 11.2. The molecule has 15 heavy (non-hydrogen) atoms. The van der Waals surface area contributed by atoms with Crippen molar-refractivity contribution in [3.8, 4) is 0 Å². The standard InChI is InChI=1S/C11H13NO3/c1-3-4-8-5-6-9(11(13)15-2)7-10(8)12-14/h3-7,12,14H,1-2H3/b4-3-. The summed E-state index contributed by atoms with van der Waals surface area (Å²) in [6.45, 7) is 1.87. The van der Waals surface area contributed by atoms with E-state index < -0.39 is 5.97 Å². The molecule has 1 aromatic carbocycles. The first-order valence-electron chi connectivity index (χ1n) is 4.48. The summed E-state index contributed by atoms with van der Waals surface area (Å²) in [4.78, 5) is 11.2. The van der Waals surface area contributed by atoms with Gasteiger partial charge in [0.15, 0.2) is 0 Å². The fourth-order valence-corrected chi connectivity index (χ4v) is 1.22. The van der Waals surface area contributed by atoms with Crippen LogP contribution in [-0.2, 0) is 4.74 Å². The SMILES string of the molecule is C/C=C\c1ccc(C(=O)OC)cc1NO. The van der Waals surface area contributed by atoms with Gasteiger partial charge in [0.25, 0.3) is 0 Å². The van der Waals surface area contributed by atoms with E-state index in [1.54, 1.807) is 12.1 Å². The summed E-state index contributed by atoms with van der Waals surface area (Å²) in [5.41, 5.74) is 3.70. The summed E-state index contributed by atoms with van der Waals surface area (Å²) in [6, 6.07) is 4.90. The summed E-state index contributed by atoms with van der Waals surface area (Å²) in [6.07, 6.45) is 3.66.